The van der Waals surface area contributed by atoms with Gasteiger partial charge in [-0.1, -0.05) is 30.9 Å². The molecule has 0 spiro atoms. The Kier molecular flexibility index (Phi) is 1.97. The number of aryl methyl sites for hydroxylation is 1. The molecule has 70 valence electrons. The average molecular weight is 184 g/mol. The Balaban J connectivity index is 2.92. The molecular formula is C12H12N2. The van der Waals surface area contributed by atoms with Crippen LogP contribution in [0, 0.1) is 6.92 Å². The van der Waals surface area contributed by atoms with Gasteiger partial charge in [-0.15, -0.1) is 0 Å². The van der Waals surface area contributed by atoms with Gasteiger partial charge < -0.3 is 5.73 Å². The van der Waals surface area contributed by atoms with E-state index in [1.807, 2.05) is 31.2 Å². The van der Waals surface area contributed by atoms with E-state index in [0.717, 1.165) is 22.0 Å². The number of aromatic nitrogens is 1. The highest BCUT2D eigenvalue weighted by Gasteiger charge is 2.05. The first kappa shape index (κ1) is 8.75. The van der Waals surface area contributed by atoms with Gasteiger partial charge >= 0.3 is 0 Å². The smallest absolute Gasteiger partial charge is 0.131 e. The quantitative estimate of drug-likeness (QED) is 0.740. The fraction of sp³-hybridized carbons (Fsp3) is 0.0833. The number of benzene rings is 1. The van der Waals surface area contributed by atoms with E-state index in [4.69, 9.17) is 5.73 Å². The van der Waals surface area contributed by atoms with E-state index >= 15 is 0 Å². The monoisotopic (exact) mass is 184 g/mol. The molecule has 0 aliphatic carbocycles. The molecule has 2 N–H and O–H groups in total. The Morgan fingerprint density at radius 2 is 2.07 bits per heavy atom. The first-order chi connectivity index (χ1) is 6.74. The standard InChI is InChI=1S/C12H12N2/c1-3-9-8(2)10-6-4-5-7-11(10)14-12(9)13/h3-7H,1H2,2H3,(H2,13,14). The zero-order valence-corrected chi connectivity index (χ0v) is 8.12. The van der Waals surface area contributed by atoms with E-state index in [2.05, 4.69) is 11.6 Å². The van der Waals surface area contributed by atoms with E-state index in [1.54, 1.807) is 6.08 Å². The van der Waals surface area contributed by atoms with Crippen LogP contribution in [-0.2, 0) is 0 Å². The van der Waals surface area contributed by atoms with Crippen LogP contribution in [0.2, 0.25) is 0 Å². The van der Waals surface area contributed by atoms with Crippen molar-refractivity contribution in [3.05, 3.63) is 42.0 Å². The predicted molar refractivity (Wildman–Crippen MR) is 61.0 cm³/mol. The molecule has 0 aliphatic heterocycles. The first-order valence-corrected chi connectivity index (χ1v) is 4.51. The van der Waals surface area contributed by atoms with Gasteiger partial charge in [0.25, 0.3) is 0 Å². The molecule has 14 heavy (non-hydrogen) atoms. The second kappa shape index (κ2) is 3.14. The molecule has 0 fully saturated rings. The molecule has 1 aromatic heterocycles. The molecular weight excluding hydrogens is 172 g/mol. The van der Waals surface area contributed by atoms with Crippen molar-refractivity contribution in [2.24, 2.45) is 0 Å². The van der Waals surface area contributed by atoms with Gasteiger partial charge in [0.1, 0.15) is 5.82 Å². The highest BCUT2D eigenvalue weighted by molar-refractivity contribution is 5.88. The third-order valence-electron chi connectivity index (χ3n) is 2.43. The van der Waals surface area contributed by atoms with Gasteiger partial charge in [0.05, 0.1) is 5.52 Å². The van der Waals surface area contributed by atoms with Gasteiger partial charge in [-0.3, -0.25) is 0 Å². The minimum atomic E-state index is 0.552. The van der Waals surface area contributed by atoms with Crippen LogP contribution in [0.15, 0.2) is 30.8 Å². The number of para-hydroxylation sites is 1. The minimum Gasteiger partial charge on any atom is -0.383 e. The van der Waals surface area contributed by atoms with Crippen LogP contribution in [0.25, 0.3) is 17.0 Å². The second-order valence-corrected chi connectivity index (χ2v) is 3.26. The zero-order valence-electron chi connectivity index (χ0n) is 8.12. The van der Waals surface area contributed by atoms with Gasteiger partial charge in [0.2, 0.25) is 0 Å². The summed E-state index contributed by atoms with van der Waals surface area (Å²) < 4.78 is 0. The summed E-state index contributed by atoms with van der Waals surface area (Å²) in [5.74, 6) is 0.552. The molecule has 2 nitrogen and oxygen atoms in total. The largest absolute Gasteiger partial charge is 0.383 e. The van der Waals surface area contributed by atoms with Crippen LogP contribution in [0.3, 0.4) is 0 Å². The summed E-state index contributed by atoms with van der Waals surface area (Å²) in [5.41, 5.74) is 8.83. The summed E-state index contributed by atoms with van der Waals surface area (Å²) in [7, 11) is 0. The van der Waals surface area contributed by atoms with E-state index in [0.29, 0.717) is 5.82 Å². The van der Waals surface area contributed by atoms with Crippen LogP contribution in [0.1, 0.15) is 11.1 Å². The molecule has 0 amide bonds. The number of anilines is 1. The van der Waals surface area contributed by atoms with Gasteiger partial charge in [0, 0.05) is 10.9 Å². The highest BCUT2D eigenvalue weighted by atomic mass is 14.8. The molecule has 0 unspecified atom stereocenters. The van der Waals surface area contributed by atoms with Crippen molar-refractivity contribution in [2.75, 3.05) is 5.73 Å². The molecule has 1 aromatic carbocycles. The fourth-order valence-corrected chi connectivity index (χ4v) is 1.67. The van der Waals surface area contributed by atoms with E-state index in [1.165, 1.54) is 0 Å². The third kappa shape index (κ3) is 1.16. The van der Waals surface area contributed by atoms with Crippen molar-refractivity contribution in [1.82, 2.24) is 4.98 Å². The van der Waals surface area contributed by atoms with Crippen molar-refractivity contribution in [3.63, 3.8) is 0 Å². The van der Waals surface area contributed by atoms with Crippen molar-refractivity contribution in [2.45, 2.75) is 6.92 Å². The van der Waals surface area contributed by atoms with Gasteiger partial charge in [-0.25, -0.2) is 4.98 Å². The summed E-state index contributed by atoms with van der Waals surface area (Å²) in [6.45, 7) is 5.78. The molecule has 0 atom stereocenters. The lowest BCUT2D eigenvalue weighted by atomic mass is 10.0. The topological polar surface area (TPSA) is 38.9 Å². The van der Waals surface area contributed by atoms with Crippen molar-refractivity contribution >= 4 is 22.8 Å². The zero-order chi connectivity index (χ0) is 10.1. The van der Waals surface area contributed by atoms with Crippen LogP contribution >= 0.6 is 0 Å². The van der Waals surface area contributed by atoms with Crippen molar-refractivity contribution < 1.29 is 0 Å². The number of nitrogens with zero attached hydrogens (tertiary/aromatic N) is 1. The summed E-state index contributed by atoms with van der Waals surface area (Å²) in [5, 5.41) is 1.14. The summed E-state index contributed by atoms with van der Waals surface area (Å²) >= 11 is 0. The number of pyridine rings is 1. The molecule has 0 bridgehead atoms. The molecule has 2 rings (SSSR count). The summed E-state index contributed by atoms with van der Waals surface area (Å²) in [6, 6.07) is 7.97. The maximum atomic E-state index is 5.82. The number of nitrogen functional groups attached to an aromatic ring is 1. The molecule has 1 heterocycles. The Labute approximate surface area is 83.1 Å². The Morgan fingerprint density at radius 1 is 1.36 bits per heavy atom. The third-order valence-corrected chi connectivity index (χ3v) is 2.43. The molecule has 2 aromatic rings. The normalized spacial score (nSPS) is 10.4. The maximum Gasteiger partial charge on any atom is 0.131 e. The molecule has 0 saturated carbocycles. The first-order valence-electron chi connectivity index (χ1n) is 4.51. The summed E-state index contributed by atoms with van der Waals surface area (Å²) in [4.78, 5) is 4.31. The summed E-state index contributed by atoms with van der Waals surface area (Å²) in [6.07, 6.45) is 1.75. The maximum absolute atomic E-state index is 5.82. The second-order valence-electron chi connectivity index (χ2n) is 3.26. The Bertz CT molecular complexity index is 501. The average Bonchev–Trinajstić information content (AvgIpc) is 2.18. The minimum absolute atomic E-state index is 0.552. The van der Waals surface area contributed by atoms with Gasteiger partial charge in [-0.2, -0.15) is 0 Å². The molecule has 0 aliphatic rings. The van der Waals surface area contributed by atoms with E-state index < -0.39 is 0 Å². The van der Waals surface area contributed by atoms with Gasteiger partial charge in [0.15, 0.2) is 0 Å². The number of hydrogen-bond donors (Lipinski definition) is 1. The lowest BCUT2D eigenvalue weighted by Gasteiger charge is -2.07. The van der Waals surface area contributed by atoms with Gasteiger partial charge in [-0.05, 0) is 18.6 Å². The number of hydrogen-bond acceptors (Lipinski definition) is 2. The SMILES string of the molecule is C=Cc1c(N)nc2ccccc2c1C. The van der Waals surface area contributed by atoms with Crippen molar-refractivity contribution in [3.8, 4) is 0 Å². The molecule has 2 heteroatoms. The molecule has 0 radical (unpaired) electrons. The number of fused-ring (bicyclic) bond motifs is 1. The number of rotatable bonds is 1. The Morgan fingerprint density at radius 3 is 2.79 bits per heavy atom. The lowest BCUT2D eigenvalue weighted by Crippen LogP contribution is -1.97. The predicted octanol–water partition coefficient (Wildman–Crippen LogP) is 2.77. The van der Waals surface area contributed by atoms with Crippen LogP contribution in [0.4, 0.5) is 5.82 Å². The molecule has 0 saturated heterocycles. The van der Waals surface area contributed by atoms with E-state index in [-0.39, 0.29) is 0 Å². The highest BCUT2D eigenvalue weighted by Crippen LogP contribution is 2.24. The number of nitrogens with two attached hydrogens (primary N) is 1. The Hall–Kier alpha value is -1.83. The van der Waals surface area contributed by atoms with Crippen molar-refractivity contribution in [1.29, 1.82) is 0 Å². The van der Waals surface area contributed by atoms with Crippen LogP contribution in [-0.4, -0.2) is 4.98 Å². The fourth-order valence-electron chi connectivity index (χ4n) is 1.67. The van der Waals surface area contributed by atoms with Crippen LogP contribution < -0.4 is 5.73 Å². The van der Waals surface area contributed by atoms with Crippen LogP contribution in [0.5, 0.6) is 0 Å². The lowest BCUT2D eigenvalue weighted by molar-refractivity contribution is 1.35. The van der Waals surface area contributed by atoms with E-state index in [9.17, 15) is 0 Å².